The molecule has 0 radical (unpaired) electrons. The molecule has 3 aromatic rings. The van der Waals surface area contributed by atoms with E-state index in [2.05, 4.69) is 25.4 Å². The van der Waals surface area contributed by atoms with Crippen molar-refractivity contribution in [2.24, 2.45) is 7.05 Å². The van der Waals surface area contributed by atoms with Crippen molar-refractivity contribution in [3.8, 4) is 0 Å². The van der Waals surface area contributed by atoms with E-state index in [1.165, 1.54) is 5.69 Å². The van der Waals surface area contributed by atoms with Gasteiger partial charge in [0.05, 0.1) is 0 Å². The molecule has 118 valence electrons. The molecule has 1 aromatic carbocycles. The van der Waals surface area contributed by atoms with Crippen LogP contribution in [-0.2, 0) is 7.05 Å². The van der Waals surface area contributed by atoms with Gasteiger partial charge in [-0.3, -0.25) is 4.57 Å². The second-order valence-corrected chi connectivity index (χ2v) is 6.21. The molecule has 0 spiro atoms. The molecule has 0 aliphatic carbocycles. The standard InChI is InChI=1S/C17H18ClN5/c1-21-16-15(6-3-7-19-16)20-17(21)23-10-8-22(9-11-23)14-5-2-4-13(18)12-14/h2-7,12H,8-11H2,1H3. The van der Waals surface area contributed by atoms with Crippen LogP contribution >= 0.6 is 11.6 Å². The minimum Gasteiger partial charge on any atom is -0.368 e. The van der Waals surface area contributed by atoms with Crippen molar-refractivity contribution >= 4 is 34.4 Å². The second-order valence-electron chi connectivity index (χ2n) is 5.77. The summed E-state index contributed by atoms with van der Waals surface area (Å²) in [5.74, 6) is 0.990. The summed E-state index contributed by atoms with van der Waals surface area (Å²) in [5.41, 5.74) is 3.06. The van der Waals surface area contributed by atoms with Gasteiger partial charge >= 0.3 is 0 Å². The average Bonchev–Trinajstić information content (AvgIpc) is 2.92. The summed E-state index contributed by atoms with van der Waals surface area (Å²) in [6.45, 7) is 3.78. The predicted octanol–water partition coefficient (Wildman–Crippen LogP) is 2.95. The fraction of sp³-hybridized carbons (Fsp3) is 0.294. The molecule has 0 N–H and O–H groups in total. The Hall–Kier alpha value is -2.27. The SMILES string of the molecule is Cn1c(N2CCN(c3cccc(Cl)c3)CC2)nc2cccnc21. The minimum absolute atomic E-state index is 0.784. The Labute approximate surface area is 140 Å². The molecule has 1 fully saturated rings. The highest BCUT2D eigenvalue weighted by Crippen LogP contribution is 2.24. The maximum atomic E-state index is 6.10. The van der Waals surface area contributed by atoms with Crippen LogP contribution in [0.5, 0.6) is 0 Å². The highest BCUT2D eigenvalue weighted by molar-refractivity contribution is 6.30. The molecule has 1 aliphatic heterocycles. The van der Waals surface area contributed by atoms with Crippen LogP contribution < -0.4 is 9.80 Å². The van der Waals surface area contributed by atoms with Crippen LogP contribution in [0.4, 0.5) is 11.6 Å². The zero-order valence-corrected chi connectivity index (χ0v) is 13.7. The van der Waals surface area contributed by atoms with E-state index in [1.54, 1.807) is 0 Å². The Morgan fingerprint density at radius 1 is 1.00 bits per heavy atom. The van der Waals surface area contributed by atoms with Crippen molar-refractivity contribution in [2.45, 2.75) is 0 Å². The lowest BCUT2D eigenvalue weighted by atomic mass is 10.2. The zero-order chi connectivity index (χ0) is 15.8. The predicted molar refractivity (Wildman–Crippen MR) is 94.4 cm³/mol. The number of fused-ring (bicyclic) bond motifs is 1. The monoisotopic (exact) mass is 327 g/mol. The van der Waals surface area contributed by atoms with Crippen molar-refractivity contribution in [2.75, 3.05) is 36.0 Å². The number of hydrogen-bond acceptors (Lipinski definition) is 4. The van der Waals surface area contributed by atoms with E-state index in [1.807, 2.05) is 43.6 Å². The molecular weight excluding hydrogens is 310 g/mol. The van der Waals surface area contributed by atoms with Crippen LogP contribution in [0.25, 0.3) is 11.2 Å². The van der Waals surface area contributed by atoms with Gasteiger partial charge in [-0.05, 0) is 30.3 Å². The van der Waals surface area contributed by atoms with Gasteiger partial charge in [0.25, 0.3) is 0 Å². The first-order valence-corrected chi connectivity index (χ1v) is 8.13. The van der Waals surface area contributed by atoms with E-state index in [0.29, 0.717) is 0 Å². The summed E-state index contributed by atoms with van der Waals surface area (Å²) in [5, 5.41) is 0.784. The third kappa shape index (κ3) is 2.61. The average molecular weight is 328 g/mol. The number of pyridine rings is 1. The second kappa shape index (κ2) is 5.74. The number of anilines is 2. The van der Waals surface area contributed by atoms with Crippen molar-refractivity contribution in [1.82, 2.24) is 14.5 Å². The first-order chi connectivity index (χ1) is 11.2. The van der Waals surface area contributed by atoms with Crippen LogP contribution in [0.15, 0.2) is 42.6 Å². The number of aryl methyl sites for hydroxylation is 1. The van der Waals surface area contributed by atoms with Gasteiger partial charge in [0.2, 0.25) is 5.95 Å². The Morgan fingerprint density at radius 2 is 1.78 bits per heavy atom. The fourth-order valence-electron chi connectivity index (χ4n) is 3.13. The molecule has 2 aromatic heterocycles. The van der Waals surface area contributed by atoms with E-state index in [0.717, 1.165) is 48.3 Å². The summed E-state index contributed by atoms with van der Waals surface area (Å²) in [4.78, 5) is 13.8. The number of nitrogens with zero attached hydrogens (tertiary/aromatic N) is 5. The van der Waals surface area contributed by atoms with Gasteiger partial charge in [-0.1, -0.05) is 17.7 Å². The molecule has 1 saturated heterocycles. The van der Waals surface area contributed by atoms with Crippen LogP contribution in [-0.4, -0.2) is 40.7 Å². The summed E-state index contributed by atoms with van der Waals surface area (Å²) in [7, 11) is 2.03. The number of rotatable bonds is 2. The lowest BCUT2D eigenvalue weighted by Gasteiger charge is -2.36. The molecule has 1 aliphatic rings. The van der Waals surface area contributed by atoms with Crippen LogP contribution in [0.2, 0.25) is 5.02 Å². The van der Waals surface area contributed by atoms with Gasteiger partial charge < -0.3 is 9.80 Å². The third-order valence-corrected chi connectivity index (χ3v) is 4.58. The van der Waals surface area contributed by atoms with E-state index in [4.69, 9.17) is 16.6 Å². The molecule has 0 amide bonds. The fourth-order valence-corrected chi connectivity index (χ4v) is 3.32. The highest BCUT2D eigenvalue weighted by atomic mass is 35.5. The summed E-state index contributed by atoms with van der Waals surface area (Å²) in [6, 6.07) is 12.0. The van der Waals surface area contributed by atoms with Gasteiger partial charge in [0.15, 0.2) is 5.65 Å². The molecule has 0 bridgehead atoms. The number of aromatic nitrogens is 3. The van der Waals surface area contributed by atoms with E-state index in [-0.39, 0.29) is 0 Å². The number of imidazole rings is 1. The molecule has 4 rings (SSSR count). The topological polar surface area (TPSA) is 37.2 Å². The summed E-state index contributed by atoms with van der Waals surface area (Å²) in [6.07, 6.45) is 1.81. The van der Waals surface area contributed by atoms with E-state index < -0.39 is 0 Å². The van der Waals surface area contributed by atoms with Crippen molar-refractivity contribution in [3.05, 3.63) is 47.6 Å². The van der Waals surface area contributed by atoms with Crippen molar-refractivity contribution in [3.63, 3.8) is 0 Å². The van der Waals surface area contributed by atoms with Crippen LogP contribution in [0.1, 0.15) is 0 Å². The molecule has 0 saturated carbocycles. The molecule has 0 unspecified atom stereocenters. The Bertz CT molecular complexity index is 836. The molecular formula is C17H18ClN5. The molecule has 5 nitrogen and oxygen atoms in total. The molecule has 6 heteroatoms. The molecule has 3 heterocycles. The number of piperazine rings is 1. The molecule has 23 heavy (non-hydrogen) atoms. The van der Waals surface area contributed by atoms with Crippen LogP contribution in [0, 0.1) is 0 Å². The lowest BCUT2D eigenvalue weighted by molar-refractivity contribution is 0.632. The van der Waals surface area contributed by atoms with Gasteiger partial charge in [0, 0.05) is 50.1 Å². The van der Waals surface area contributed by atoms with Crippen molar-refractivity contribution < 1.29 is 0 Å². The Balaban J connectivity index is 1.54. The normalized spacial score (nSPS) is 15.4. The van der Waals surface area contributed by atoms with E-state index >= 15 is 0 Å². The third-order valence-electron chi connectivity index (χ3n) is 4.34. The first-order valence-electron chi connectivity index (χ1n) is 7.75. The van der Waals surface area contributed by atoms with Crippen molar-refractivity contribution in [1.29, 1.82) is 0 Å². The van der Waals surface area contributed by atoms with Gasteiger partial charge in [-0.25, -0.2) is 9.97 Å². The van der Waals surface area contributed by atoms with Gasteiger partial charge in [-0.2, -0.15) is 0 Å². The quantitative estimate of drug-likeness (QED) is 0.725. The van der Waals surface area contributed by atoms with Gasteiger partial charge in [-0.15, -0.1) is 0 Å². The summed E-state index contributed by atoms with van der Waals surface area (Å²) >= 11 is 6.10. The highest BCUT2D eigenvalue weighted by Gasteiger charge is 2.21. The van der Waals surface area contributed by atoms with Gasteiger partial charge in [0.1, 0.15) is 5.52 Å². The zero-order valence-electron chi connectivity index (χ0n) is 13.0. The lowest BCUT2D eigenvalue weighted by Crippen LogP contribution is -2.47. The Morgan fingerprint density at radius 3 is 2.52 bits per heavy atom. The number of benzene rings is 1. The first kappa shape index (κ1) is 14.3. The largest absolute Gasteiger partial charge is 0.368 e. The minimum atomic E-state index is 0.784. The maximum Gasteiger partial charge on any atom is 0.207 e. The maximum absolute atomic E-state index is 6.10. The smallest absolute Gasteiger partial charge is 0.207 e. The number of hydrogen-bond donors (Lipinski definition) is 0. The number of halogens is 1. The van der Waals surface area contributed by atoms with E-state index in [9.17, 15) is 0 Å². The summed E-state index contributed by atoms with van der Waals surface area (Å²) < 4.78 is 2.07. The molecule has 0 atom stereocenters. The van der Waals surface area contributed by atoms with Crippen LogP contribution in [0.3, 0.4) is 0 Å². The Kier molecular flexibility index (Phi) is 3.58.